The second-order valence-corrected chi connectivity index (χ2v) is 12.0. The highest BCUT2D eigenvalue weighted by Crippen LogP contribution is 2.50. The topological polar surface area (TPSA) is 17.1 Å². The Hall–Kier alpha value is -4.07. The van der Waals surface area contributed by atoms with E-state index < -0.39 is 18.8 Å². The molecule has 37 heavy (non-hydrogen) atoms. The zero-order valence-electron chi connectivity index (χ0n) is 19.9. The van der Waals surface area contributed by atoms with E-state index in [1.807, 2.05) is 42.5 Å². The molecule has 6 rings (SSSR count). The predicted molar refractivity (Wildman–Crippen MR) is 150 cm³/mol. The monoisotopic (exact) mass is 504 g/mol. The molecule has 0 atom stereocenters. The maximum atomic E-state index is 14.9. The third-order valence-corrected chi connectivity index (χ3v) is 9.93. The van der Waals surface area contributed by atoms with Crippen molar-refractivity contribution in [2.75, 3.05) is 0 Å². The third-order valence-electron chi connectivity index (χ3n) is 6.92. The van der Waals surface area contributed by atoms with Gasteiger partial charge in [0.2, 0.25) is 0 Å². The van der Waals surface area contributed by atoms with Crippen LogP contribution in [-0.2, 0) is 10.7 Å². The minimum atomic E-state index is -3.47. The normalized spacial score (nSPS) is 11.7. The fourth-order valence-electron chi connectivity index (χ4n) is 5.18. The molecule has 0 amide bonds. The molecule has 0 fully saturated rings. The summed E-state index contributed by atoms with van der Waals surface area (Å²) in [7, 11) is -3.47. The van der Waals surface area contributed by atoms with Gasteiger partial charge in [-0.05, 0) is 62.5 Å². The quantitative estimate of drug-likeness (QED) is 0.215. The predicted octanol–water partition coefficient (Wildman–Crippen LogP) is 8.45. The zero-order chi connectivity index (χ0) is 25.4. The van der Waals surface area contributed by atoms with Gasteiger partial charge in [0.05, 0.1) is 0 Å². The Bertz CT molecular complexity index is 1770. The summed E-state index contributed by atoms with van der Waals surface area (Å²) >= 11 is 0. The van der Waals surface area contributed by atoms with Crippen LogP contribution in [0.5, 0.6) is 0 Å². The molecule has 0 saturated carbocycles. The summed E-state index contributed by atoms with van der Waals surface area (Å²) in [4.78, 5) is 0. The highest BCUT2D eigenvalue weighted by atomic mass is 31.2. The summed E-state index contributed by atoms with van der Waals surface area (Å²) in [6, 6.07) is 38.3. The van der Waals surface area contributed by atoms with Crippen LogP contribution < -0.4 is 10.6 Å². The Morgan fingerprint density at radius 2 is 1.08 bits per heavy atom. The molecule has 0 aliphatic heterocycles. The molecule has 0 radical (unpaired) electrons. The number of benzene rings is 6. The van der Waals surface area contributed by atoms with Crippen molar-refractivity contribution in [3.05, 3.63) is 145 Å². The Morgan fingerprint density at radius 3 is 1.73 bits per heavy atom. The van der Waals surface area contributed by atoms with Crippen LogP contribution in [0.2, 0.25) is 0 Å². The van der Waals surface area contributed by atoms with E-state index in [2.05, 4.69) is 36.4 Å². The van der Waals surface area contributed by atoms with Crippen molar-refractivity contribution >= 4 is 39.3 Å². The molecule has 0 aliphatic carbocycles. The summed E-state index contributed by atoms with van der Waals surface area (Å²) < 4.78 is 43.7. The first kappa shape index (κ1) is 23.3. The van der Waals surface area contributed by atoms with Gasteiger partial charge in [0.1, 0.15) is 18.8 Å². The molecular formula is C33H23F2OP. The second-order valence-electron chi connectivity index (χ2n) is 9.21. The first-order valence-electron chi connectivity index (χ1n) is 12.1. The van der Waals surface area contributed by atoms with E-state index in [1.54, 1.807) is 24.3 Å². The lowest BCUT2D eigenvalue weighted by atomic mass is 9.91. The smallest absolute Gasteiger partial charge is 0.147 e. The summed E-state index contributed by atoms with van der Waals surface area (Å²) in [5.74, 6) is -0.941. The molecule has 4 heteroatoms. The lowest BCUT2D eigenvalue weighted by Crippen LogP contribution is -2.19. The van der Waals surface area contributed by atoms with Crippen LogP contribution >= 0.6 is 7.14 Å². The average Bonchev–Trinajstić information content (AvgIpc) is 2.93. The van der Waals surface area contributed by atoms with Gasteiger partial charge in [0.15, 0.2) is 0 Å². The number of hydrogen-bond donors (Lipinski definition) is 0. The second kappa shape index (κ2) is 9.42. The number of halogens is 2. The highest BCUT2D eigenvalue weighted by Gasteiger charge is 2.30. The summed E-state index contributed by atoms with van der Waals surface area (Å²) in [6.45, 7) is 0. The minimum Gasteiger partial charge on any atom is -0.313 e. The number of rotatable bonds is 5. The van der Waals surface area contributed by atoms with Gasteiger partial charge < -0.3 is 4.57 Å². The van der Waals surface area contributed by atoms with E-state index in [1.165, 1.54) is 24.3 Å². The molecule has 0 unspecified atom stereocenters. The van der Waals surface area contributed by atoms with Crippen molar-refractivity contribution in [1.82, 2.24) is 0 Å². The van der Waals surface area contributed by atoms with Crippen molar-refractivity contribution in [2.45, 2.75) is 6.16 Å². The molecule has 1 nitrogen and oxygen atoms in total. The van der Waals surface area contributed by atoms with Crippen molar-refractivity contribution in [1.29, 1.82) is 0 Å². The van der Waals surface area contributed by atoms with Gasteiger partial charge in [-0.15, -0.1) is 0 Å². The van der Waals surface area contributed by atoms with Crippen LogP contribution in [0.15, 0.2) is 127 Å². The van der Waals surface area contributed by atoms with Gasteiger partial charge in [-0.1, -0.05) is 103 Å². The Morgan fingerprint density at radius 1 is 0.541 bits per heavy atom. The van der Waals surface area contributed by atoms with E-state index in [0.29, 0.717) is 10.6 Å². The Balaban J connectivity index is 1.64. The van der Waals surface area contributed by atoms with E-state index in [4.69, 9.17) is 0 Å². The van der Waals surface area contributed by atoms with Crippen molar-refractivity contribution < 1.29 is 13.3 Å². The molecule has 0 bridgehead atoms. The maximum Gasteiger partial charge on any atom is 0.147 e. The van der Waals surface area contributed by atoms with E-state index in [9.17, 15) is 13.3 Å². The molecular weight excluding hydrogens is 481 g/mol. The first-order chi connectivity index (χ1) is 18.0. The van der Waals surface area contributed by atoms with Gasteiger partial charge in [-0.2, -0.15) is 0 Å². The largest absolute Gasteiger partial charge is 0.313 e. The van der Waals surface area contributed by atoms with Crippen LogP contribution in [0.1, 0.15) is 5.56 Å². The van der Waals surface area contributed by atoms with Crippen LogP contribution in [-0.4, -0.2) is 0 Å². The van der Waals surface area contributed by atoms with Crippen molar-refractivity contribution in [3.63, 3.8) is 0 Å². The molecule has 0 saturated heterocycles. The van der Waals surface area contributed by atoms with Gasteiger partial charge in [0, 0.05) is 16.8 Å². The van der Waals surface area contributed by atoms with Crippen LogP contribution in [0.25, 0.3) is 32.7 Å². The van der Waals surface area contributed by atoms with Gasteiger partial charge >= 0.3 is 0 Å². The minimum absolute atomic E-state index is 0.128. The molecule has 0 N–H and O–H groups in total. The highest BCUT2D eigenvalue weighted by molar-refractivity contribution is 7.78. The number of fused-ring (bicyclic) bond motifs is 2. The van der Waals surface area contributed by atoms with Gasteiger partial charge in [0.25, 0.3) is 0 Å². The van der Waals surface area contributed by atoms with Gasteiger partial charge in [-0.3, -0.25) is 0 Å². The fraction of sp³-hybridized carbons (Fsp3) is 0.0303. The van der Waals surface area contributed by atoms with Crippen molar-refractivity contribution in [2.24, 2.45) is 0 Å². The molecule has 0 aliphatic rings. The lowest BCUT2D eigenvalue weighted by molar-refractivity contribution is 0.585. The average molecular weight is 505 g/mol. The maximum absolute atomic E-state index is 14.9. The van der Waals surface area contributed by atoms with Crippen molar-refractivity contribution in [3.8, 4) is 11.1 Å². The number of hydrogen-bond acceptors (Lipinski definition) is 1. The van der Waals surface area contributed by atoms with Gasteiger partial charge in [-0.25, -0.2) is 8.78 Å². The van der Waals surface area contributed by atoms with Crippen LogP contribution in [0.3, 0.4) is 0 Å². The molecule has 0 spiro atoms. The molecule has 6 aromatic rings. The van der Waals surface area contributed by atoms with E-state index >= 15 is 0 Å². The van der Waals surface area contributed by atoms with E-state index in [0.717, 1.165) is 38.2 Å². The summed E-state index contributed by atoms with van der Waals surface area (Å²) in [5.41, 5.74) is 2.89. The first-order valence-corrected chi connectivity index (χ1v) is 14.0. The fourth-order valence-corrected chi connectivity index (χ4v) is 7.91. The van der Waals surface area contributed by atoms with Crippen LogP contribution in [0, 0.1) is 11.6 Å². The summed E-state index contributed by atoms with van der Waals surface area (Å²) in [5, 5.41) is 5.05. The zero-order valence-corrected chi connectivity index (χ0v) is 20.8. The SMILES string of the molecule is O=P(Cc1ccc2ccccc2c1-c1cccc2ccccc12)(c1cccc(F)c1)c1cccc(F)c1. The third kappa shape index (κ3) is 4.26. The molecule has 0 aromatic heterocycles. The molecule has 180 valence electrons. The Kier molecular flexibility index (Phi) is 5.94. The lowest BCUT2D eigenvalue weighted by Gasteiger charge is -2.23. The van der Waals surface area contributed by atoms with E-state index in [-0.39, 0.29) is 6.16 Å². The standard InChI is InChI=1S/C33H23F2OP/c34-26-11-6-13-28(20-26)37(36,29-14-7-12-27(35)21-29)22-25-19-18-24-9-2-4-16-31(24)33(25)32-17-5-10-23-8-1-3-15-30(23)32/h1-21H,22H2. The van der Waals surface area contributed by atoms with Crippen LogP contribution in [0.4, 0.5) is 8.78 Å². The Labute approximate surface area is 214 Å². The summed E-state index contributed by atoms with van der Waals surface area (Å²) in [6.07, 6.45) is 0.128. The molecule has 6 aromatic carbocycles. The molecule has 0 heterocycles.